The number of aryl methyl sites for hydroxylation is 1. The van der Waals surface area contributed by atoms with Crippen molar-refractivity contribution in [2.24, 2.45) is 0 Å². The summed E-state index contributed by atoms with van der Waals surface area (Å²) in [6, 6.07) is 5.40. The Hall–Kier alpha value is -1.42. The van der Waals surface area contributed by atoms with E-state index in [1.165, 1.54) is 6.07 Å². The highest BCUT2D eigenvalue weighted by molar-refractivity contribution is 5.69. The molecular formula is C14H18FNO2. The molecule has 0 aromatic heterocycles. The number of carbonyl (C=O) groups is 1. The van der Waals surface area contributed by atoms with Crippen molar-refractivity contribution in [2.75, 3.05) is 6.54 Å². The predicted molar refractivity (Wildman–Crippen MR) is 66.9 cm³/mol. The molecule has 1 aliphatic rings. The van der Waals surface area contributed by atoms with Crippen molar-refractivity contribution in [3.63, 3.8) is 0 Å². The maximum absolute atomic E-state index is 13.5. The van der Waals surface area contributed by atoms with Crippen molar-refractivity contribution in [2.45, 2.75) is 38.8 Å². The Labute approximate surface area is 106 Å². The number of rotatable bonds is 5. The minimum Gasteiger partial charge on any atom is -0.480 e. The van der Waals surface area contributed by atoms with Crippen molar-refractivity contribution < 1.29 is 14.3 Å². The van der Waals surface area contributed by atoms with Gasteiger partial charge in [-0.2, -0.15) is 0 Å². The van der Waals surface area contributed by atoms with E-state index in [0.717, 1.165) is 18.4 Å². The molecule has 0 spiro atoms. The maximum atomic E-state index is 13.5. The smallest absolute Gasteiger partial charge is 0.317 e. The lowest BCUT2D eigenvalue weighted by Crippen LogP contribution is -2.34. The van der Waals surface area contributed by atoms with E-state index >= 15 is 0 Å². The molecule has 0 amide bonds. The fourth-order valence-corrected chi connectivity index (χ4v) is 2.21. The molecule has 1 aromatic rings. The van der Waals surface area contributed by atoms with Crippen LogP contribution in [-0.4, -0.2) is 28.6 Å². The summed E-state index contributed by atoms with van der Waals surface area (Å²) in [7, 11) is 0. The second kappa shape index (κ2) is 5.06. The number of aliphatic carboxylic acids is 1. The van der Waals surface area contributed by atoms with Gasteiger partial charge in [-0.05, 0) is 43.9 Å². The van der Waals surface area contributed by atoms with Crippen LogP contribution in [0.1, 0.15) is 36.9 Å². The molecular weight excluding hydrogens is 233 g/mol. The van der Waals surface area contributed by atoms with Gasteiger partial charge in [-0.3, -0.25) is 9.69 Å². The van der Waals surface area contributed by atoms with Crippen molar-refractivity contribution in [3.05, 3.63) is 35.1 Å². The summed E-state index contributed by atoms with van der Waals surface area (Å²) in [5.41, 5.74) is 1.45. The normalized spacial score (nSPS) is 16.9. The van der Waals surface area contributed by atoms with Crippen molar-refractivity contribution >= 4 is 5.97 Å². The lowest BCUT2D eigenvalue weighted by molar-refractivity contribution is -0.139. The van der Waals surface area contributed by atoms with Gasteiger partial charge in [-0.1, -0.05) is 12.1 Å². The van der Waals surface area contributed by atoms with Gasteiger partial charge < -0.3 is 5.11 Å². The molecule has 1 aliphatic carbocycles. The molecule has 0 bridgehead atoms. The highest BCUT2D eigenvalue weighted by atomic mass is 19.1. The standard InChI is InChI=1S/C14H18FNO2/c1-9-3-4-11(7-13(9)15)10(2)16(8-14(17)18)12-5-6-12/h3-4,7,10,12H,5-6,8H2,1-2H3,(H,17,18). The Morgan fingerprint density at radius 3 is 2.72 bits per heavy atom. The first-order valence-corrected chi connectivity index (χ1v) is 6.22. The van der Waals surface area contributed by atoms with Gasteiger partial charge in [0, 0.05) is 12.1 Å². The van der Waals surface area contributed by atoms with Gasteiger partial charge in [0.2, 0.25) is 0 Å². The summed E-state index contributed by atoms with van der Waals surface area (Å²) in [6.07, 6.45) is 2.07. The Balaban J connectivity index is 2.18. The Kier molecular flexibility index (Phi) is 3.66. The molecule has 1 N–H and O–H groups in total. The van der Waals surface area contributed by atoms with Crippen LogP contribution in [0.3, 0.4) is 0 Å². The van der Waals surface area contributed by atoms with E-state index in [4.69, 9.17) is 5.11 Å². The van der Waals surface area contributed by atoms with Crippen LogP contribution in [0.5, 0.6) is 0 Å². The summed E-state index contributed by atoms with van der Waals surface area (Å²) in [5.74, 6) is -1.06. The first-order chi connectivity index (χ1) is 8.49. The molecule has 98 valence electrons. The van der Waals surface area contributed by atoms with Crippen LogP contribution >= 0.6 is 0 Å². The van der Waals surface area contributed by atoms with Gasteiger partial charge in [0.05, 0.1) is 6.54 Å². The lowest BCUT2D eigenvalue weighted by atomic mass is 10.0. The number of halogens is 1. The number of nitrogens with zero attached hydrogens (tertiary/aromatic N) is 1. The molecule has 0 heterocycles. The van der Waals surface area contributed by atoms with Gasteiger partial charge in [-0.15, -0.1) is 0 Å². The SMILES string of the molecule is Cc1ccc(C(C)N(CC(=O)O)C2CC2)cc1F. The molecule has 1 aromatic carbocycles. The summed E-state index contributed by atoms with van der Waals surface area (Å²) >= 11 is 0. The lowest BCUT2D eigenvalue weighted by Gasteiger charge is -2.28. The monoisotopic (exact) mass is 251 g/mol. The zero-order valence-electron chi connectivity index (χ0n) is 10.7. The largest absolute Gasteiger partial charge is 0.480 e. The Bertz CT molecular complexity index is 457. The van der Waals surface area contributed by atoms with E-state index in [1.807, 2.05) is 17.9 Å². The van der Waals surface area contributed by atoms with E-state index in [0.29, 0.717) is 11.6 Å². The van der Waals surface area contributed by atoms with E-state index in [9.17, 15) is 9.18 Å². The first kappa shape index (κ1) is 13.0. The zero-order valence-corrected chi connectivity index (χ0v) is 10.7. The topological polar surface area (TPSA) is 40.5 Å². The molecule has 0 aliphatic heterocycles. The third-order valence-corrected chi connectivity index (χ3v) is 3.51. The van der Waals surface area contributed by atoms with Gasteiger partial charge >= 0.3 is 5.97 Å². The summed E-state index contributed by atoms with van der Waals surface area (Å²) in [4.78, 5) is 12.8. The molecule has 1 atom stereocenters. The van der Waals surface area contributed by atoms with Crippen LogP contribution in [0.25, 0.3) is 0 Å². The minimum absolute atomic E-state index is 0.0152. The van der Waals surface area contributed by atoms with E-state index < -0.39 is 5.97 Å². The quantitative estimate of drug-likeness (QED) is 0.874. The Morgan fingerprint density at radius 2 is 2.22 bits per heavy atom. The fraction of sp³-hybridized carbons (Fsp3) is 0.500. The predicted octanol–water partition coefficient (Wildman–Crippen LogP) is 2.74. The molecule has 3 nitrogen and oxygen atoms in total. The molecule has 1 unspecified atom stereocenters. The molecule has 1 fully saturated rings. The summed E-state index contributed by atoms with van der Waals surface area (Å²) < 4.78 is 13.5. The highest BCUT2D eigenvalue weighted by Gasteiger charge is 2.34. The van der Waals surface area contributed by atoms with E-state index in [2.05, 4.69) is 0 Å². The first-order valence-electron chi connectivity index (χ1n) is 6.22. The third-order valence-electron chi connectivity index (χ3n) is 3.51. The molecule has 0 radical (unpaired) electrons. The minimum atomic E-state index is -0.832. The van der Waals surface area contributed by atoms with Crippen LogP contribution in [0.4, 0.5) is 4.39 Å². The summed E-state index contributed by atoms with van der Waals surface area (Å²) in [6.45, 7) is 3.67. The van der Waals surface area contributed by atoms with E-state index in [-0.39, 0.29) is 18.4 Å². The van der Waals surface area contributed by atoms with Gasteiger partial charge in [0.1, 0.15) is 5.82 Å². The van der Waals surface area contributed by atoms with Crippen LogP contribution < -0.4 is 0 Å². The summed E-state index contributed by atoms with van der Waals surface area (Å²) in [5, 5.41) is 8.94. The van der Waals surface area contributed by atoms with E-state index in [1.54, 1.807) is 13.0 Å². The highest BCUT2D eigenvalue weighted by Crippen LogP contribution is 2.34. The molecule has 18 heavy (non-hydrogen) atoms. The molecule has 4 heteroatoms. The van der Waals surface area contributed by atoms with Crippen LogP contribution in [0.2, 0.25) is 0 Å². The number of carboxylic acid groups (broad SMARTS) is 1. The number of hydrogen-bond acceptors (Lipinski definition) is 2. The van der Waals surface area contributed by atoms with Gasteiger partial charge in [-0.25, -0.2) is 4.39 Å². The van der Waals surface area contributed by atoms with Crippen molar-refractivity contribution in [1.82, 2.24) is 4.90 Å². The van der Waals surface area contributed by atoms with Gasteiger partial charge in [0.25, 0.3) is 0 Å². The number of carboxylic acids is 1. The third kappa shape index (κ3) is 2.88. The van der Waals surface area contributed by atoms with Crippen LogP contribution in [0.15, 0.2) is 18.2 Å². The second-order valence-corrected chi connectivity index (χ2v) is 4.98. The second-order valence-electron chi connectivity index (χ2n) is 4.98. The molecule has 1 saturated carbocycles. The fourth-order valence-electron chi connectivity index (χ4n) is 2.21. The van der Waals surface area contributed by atoms with Crippen molar-refractivity contribution in [1.29, 1.82) is 0 Å². The number of benzene rings is 1. The maximum Gasteiger partial charge on any atom is 0.317 e. The average Bonchev–Trinajstić information content (AvgIpc) is 3.12. The van der Waals surface area contributed by atoms with Crippen molar-refractivity contribution in [3.8, 4) is 0 Å². The molecule has 0 saturated heterocycles. The van der Waals surface area contributed by atoms with Crippen LogP contribution in [0, 0.1) is 12.7 Å². The van der Waals surface area contributed by atoms with Crippen LogP contribution in [-0.2, 0) is 4.79 Å². The number of hydrogen-bond donors (Lipinski definition) is 1. The van der Waals surface area contributed by atoms with Gasteiger partial charge in [0.15, 0.2) is 0 Å². The zero-order chi connectivity index (χ0) is 13.3. The Morgan fingerprint density at radius 1 is 1.56 bits per heavy atom. The molecule has 2 rings (SSSR count). The average molecular weight is 251 g/mol.